The van der Waals surface area contributed by atoms with Crippen molar-refractivity contribution in [1.82, 2.24) is 10.2 Å². The number of amides is 2. The minimum Gasteiger partial charge on any atom is -0.466 e. The van der Waals surface area contributed by atoms with E-state index in [1.807, 2.05) is 5.32 Å². The largest absolute Gasteiger partial charge is 0.466 e. The quantitative estimate of drug-likeness (QED) is 0.729. The third-order valence-electron chi connectivity index (χ3n) is 4.78. The van der Waals surface area contributed by atoms with Crippen LogP contribution in [0.3, 0.4) is 0 Å². The van der Waals surface area contributed by atoms with Crippen molar-refractivity contribution in [3.8, 4) is 0 Å². The maximum Gasteiger partial charge on any atom is 0.425 e. The lowest BCUT2D eigenvalue weighted by atomic mass is 9.88. The number of hydrogen-bond donors (Lipinski definition) is 1. The molecule has 0 saturated carbocycles. The van der Waals surface area contributed by atoms with Crippen molar-refractivity contribution < 1.29 is 32.3 Å². The zero-order valence-corrected chi connectivity index (χ0v) is 16.6. The molecule has 0 aromatic heterocycles. The molecule has 1 aromatic rings. The Balaban J connectivity index is 2.45. The summed E-state index contributed by atoms with van der Waals surface area (Å²) in [6, 6.07) is 8.07. The number of rotatable bonds is 6. The highest BCUT2D eigenvalue weighted by Crippen LogP contribution is 2.45. The molecule has 1 aliphatic rings. The molecule has 9 heteroatoms. The second-order valence-corrected chi connectivity index (χ2v) is 7.00. The van der Waals surface area contributed by atoms with Crippen molar-refractivity contribution in [2.75, 3.05) is 7.11 Å². The van der Waals surface area contributed by atoms with Crippen LogP contribution in [0.5, 0.6) is 0 Å². The summed E-state index contributed by atoms with van der Waals surface area (Å²) in [6.45, 7) is 4.26. The molecule has 0 bridgehead atoms. The number of ether oxygens (including phenoxy) is 1. The molecule has 29 heavy (non-hydrogen) atoms. The van der Waals surface area contributed by atoms with Crippen LogP contribution in [0, 0.1) is 0 Å². The zero-order chi connectivity index (χ0) is 22.0. The molecular weight excluding hydrogens is 389 g/mol. The van der Waals surface area contributed by atoms with Crippen LogP contribution in [0.2, 0.25) is 0 Å². The molecule has 2 amide bonds. The summed E-state index contributed by atoms with van der Waals surface area (Å²) in [6.07, 6.45) is -5.36. The van der Waals surface area contributed by atoms with Crippen molar-refractivity contribution >= 4 is 17.8 Å². The van der Waals surface area contributed by atoms with Crippen molar-refractivity contribution in [2.45, 2.75) is 51.4 Å². The molecule has 0 aliphatic carbocycles. The van der Waals surface area contributed by atoms with Crippen molar-refractivity contribution in [3.05, 3.63) is 47.2 Å². The van der Waals surface area contributed by atoms with Gasteiger partial charge in [0.05, 0.1) is 7.11 Å². The third kappa shape index (κ3) is 3.99. The summed E-state index contributed by atoms with van der Waals surface area (Å²) in [7, 11) is 0.920. The fraction of sp³-hybridized carbons (Fsp3) is 0.450. The number of esters is 1. The molecular formula is C20H23F3N2O4. The predicted molar refractivity (Wildman–Crippen MR) is 98.4 cm³/mol. The summed E-state index contributed by atoms with van der Waals surface area (Å²) in [5.74, 6) is -3.75. The van der Waals surface area contributed by atoms with Gasteiger partial charge in [-0.15, -0.1) is 0 Å². The van der Waals surface area contributed by atoms with Gasteiger partial charge in [0.25, 0.3) is 5.91 Å². The van der Waals surface area contributed by atoms with Crippen molar-refractivity contribution in [1.29, 1.82) is 0 Å². The molecule has 0 radical (unpaired) electrons. The Morgan fingerprint density at radius 2 is 1.79 bits per heavy atom. The van der Waals surface area contributed by atoms with Crippen LogP contribution < -0.4 is 5.32 Å². The number of nitrogens with zero attached hydrogens (tertiary/aromatic N) is 1. The lowest BCUT2D eigenvalue weighted by Crippen LogP contribution is -2.66. The predicted octanol–water partition coefficient (Wildman–Crippen LogP) is 2.73. The number of carbonyl (C=O) groups is 3. The maximum absolute atomic E-state index is 14.2. The highest BCUT2D eigenvalue weighted by Gasteiger charge is 2.71. The van der Waals surface area contributed by atoms with E-state index in [9.17, 15) is 27.6 Å². The normalized spacial score (nSPS) is 19.7. The van der Waals surface area contributed by atoms with Gasteiger partial charge >= 0.3 is 12.1 Å². The van der Waals surface area contributed by atoms with Crippen molar-refractivity contribution in [2.24, 2.45) is 0 Å². The highest BCUT2D eigenvalue weighted by atomic mass is 19.4. The summed E-state index contributed by atoms with van der Waals surface area (Å²) >= 11 is 0. The highest BCUT2D eigenvalue weighted by molar-refractivity contribution is 6.10. The minimum atomic E-state index is -5.25. The van der Waals surface area contributed by atoms with Crippen LogP contribution in [0.1, 0.15) is 32.8 Å². The molecule has 1 aromatic carbocycles. The second-order valence-electron chi connectivity index (χ2n) is 7.00. The van der Waals surface area contributed by atoms with E-state index in [0.717, 1.165) is 17.6 Å². The Bertz CT molecular complexity index is 834. The Morgan fingerprint density at radius 1 is 1.21 bits per heavy atom. The van der Waals surface area contributed by atoms with Gasteiger partial charge in [-0.2, -0.15) is 13.2 Å². The van der Waals surface area contributed by atoms with Gasteiger partial charge in [0.2, 0.25) is 11.4 Å². The van der Waals surface area contributed by atoms with Crippen LogP contribution in [0.15, 0.2) is 41.6 Å². The molecule has 158 valence electrons. The van der Waals surface area contributed by atoms with E-state index in [1.54, 1.807) is 30.3 Å². The molecule has 0 fully saturated rings. The summed E-state index contributed by atoms with van der Waals surface area (Å²) < 4.78 is 47.2. The number of methoxy groups -OCH3 is 1. The standard InChI is InChI=1S/C20H23F3N2O4/c1-12(2)25-13(3)16(17(27)29-4)19(18(25)28,20(21,22)23)24-15(26)11-10-14-8-6-5-7-9-14/h5-9,12H,10-11H2,1-4H3,(H,24,26)/t19-/m1/s1. The van der Waals surface area contributed by atoms with E-state index in [1.165, 1.54) is 20.8 Å². The van der Waals surface area contributed by atoms with E-state index in [0.29, 0.717) is 0 Å². The van der Waals surface area contributed by atoms with Crippen LogP contribution in [0.25, 0.3) is 0 Å². The molecule has 0 unspecified atom stereocenters. The number of allylic oxidation sites excluding steroid dienone is 1. The Hall–Kier alpha value is -2.84. The molecule has 0 saturated heterocycles. The van der Waals surface area contributed by atoms with Gasteiger partial charge in [-0.25, -0.2) is 4.79 Å². The lowest BCUT2D eigenvalue weighted by Gasteiger charge is -2.33. The molecule has 2 rings (SSSR count). The molecule has 1 N–H and O–H groups in total. The molecule has 1 atom stereocenters. The summed E-state index contributed by atoms with van der Waals surface area (Å²) in [4.78, 5) is 38.5. The van der Waals surface area contributed by atoms with E-state index in [2.05, 4.69) is 4.74 Å². The van der Waals surface area contributed by atoms with Crippen molar-refractivity contribution in [3.63, 3.8) is 0 Å². The van der Waals surface area contributed by atoms with Gasteiger partial charge in [-0.3, -0.25) is 9.59 Å². The van der Waals surface area contributed by atoms with Gasteiger partial charge in [0.15, 0.2) is 0 Å². The van der Waals surface area contributed by atoms with Crippen LogP contribution in [0.4, 0.5) is 13.2 Å². The fourth-order valence-electron chi connectivity index (χ4n) is 3.48. The number of hydrogen-bond acceptors (Lipinski definition) is 4. The molecule has 1 aliphatic heterocycles. The van der Waals surface area contributed by atoms with Gasteiger partial charge in [0.1, 0.15) is 5.57 Å². The Labute approximate surface area is 166 Å². The summed E-state index contributed by atoms with van der Waals surface area (Å²) in [5, 5.41) is 1.82. The monoisotopic (exact) mass is 412 g/mol. The first-order chi connectivity index (χ1) is 13.5. The summed E-state index contributed by atoms with van der Waals surface area (Å²) in [5.41, 5.74) is -3.84. The molecule has 6 nitrogen and oxygen atoms in total. The second kappa shape index (κ2) is 8.26. The van der Waals surface area contributed by atoms with Gasteiger partial charge in [-0.1, -0.05) is 30.3 Å². The van der Waals surface area contributed by atoms with Gasteiger partial charge in [-0.05, 0) is 32.8 Å². The average Bonchev–Trinajstić information content (AvgIpc) is 2.87. The van der Waals surface area contributed by atoms with E-state index in [-0.39, 0.29) is 18.5 Å². The van der Waals surface area contributed by atoms with Crippen LogP contribution >= 0.6 is 0 Å². The van der Waals surface area contributed by atoms with E-state index < -0.39 is 41.1 Å². The topological polar surface area (TPSA) is 75.7 Å². The van der Waals surface area contributed by atoms with Gasteiger partial charge < -0.3 is 15.0 Å². The molecule has 1 heterocycles. The van der Waals surface area contributed by atoms with Crippen LogP contribution in [-0.4, -0.2) is 47.6 Å². The number of benzene rings is 1. The first kappa shape index (κ1) is 22.4. The lowest BCUT2D eigenvalue weighted by molar-refractivity contribution is -0.196. The number of carbonyl (C=O) groups excluding carboxylic acids is 3. The smallest absolute Gasteiger partial charge is 0.425 e. The maximum atomic E-state index is 14.2. The average molecular weight is 412 g/mol. The number of aryl methyl sites for hydroxylation is 1. The first-order valence-corrected chi connectivity index (χ1v) is 9.02. The third-order valence-corrected chi connectivity index (χ3v) is 4.78. The fourth-order valence-corrected chi connectivity index (χ4v) is 3.48. The number of halogens is 3. The van der Waals surface area contributed by atoms with E-state index >= 15 is 0 Å². The minimum absolute atomic E-state index is 0.180. The van der Waals surface area contributed by atoms with Gasteiger partial charge in [0, 0.05) is 18.2 Å². The number of nitrogens with one attached hydrogen (secondary N) is 1. The Kier molecular flexibility index (Phi) is 6.40. The number of alkyl halides is 3. The zero-order valence-electron chi connectivity index (χ0n) is 16.6. The SMILES string of the molecule is COC(=O)C1=C(C)N(C(C)C)C(=O)[C@@]1(NC(=O)CCc1ccccc1)C(F)(F)F. The molecule has 0 spiro atoms. The first-order valence-electron chi connectivity index (χ1n) is 9.02. The van der Waals surface area contributed by atoms with Crippen LogP contribution in [-0.2, 0) is 25.5 Å². The van der Waals surface area contributed by atoms with E-state index in [4.69, 9.17) is 0 Å². The Morgan fingerprint density at radius 3 is 2.28 bits per heavy atom.